The molecule has 0 saturated carbocycles. The van der Waals surface area contributed by atoms with Crippen molar-refractivity contribution in [2.75, 3.05) is 6.54 Å². The number of nitrogens with zero attached hydrogens (tertiary/aromatic N) is 2. The third-order valence-electron chi connectivity index (χ3n) is 7.62. The van der Waals surface area contributed by atoms with Gasteiger partial charge in [-0.15, -0.1) is 0 Å². The molecule has 4 atom stereocenters. The topological polar surface area (TPSA) is 99.9 Å². The number of pyridine rings is 2. The minimum atomic E-state index is -4.64. The zero-order valence-electron chi connectivity index (χ0n) is 23.3. The first-order chi connectivity index (χ1) is 18.8. The van der Waals surface area contributed by atoms with Crippen LogP contribution in [0.25, 0.3) is 0 Å². The van der Waals surface area contributed by atoms with E-state index >= 15 is 0 Å². The third kappa shape index (κ3) is 7.23. The molecular weight excluding hydrogens is 559 g/mol. The summed E-state index contributed by atoms with van der Waals surface area (Å²) in [5, 5.41) is 6.43. The molecule has 0 amide bonds. The van der Waals surface area contributed by atoms with Crippen LogP contribution < -0.4 is 27.2 Å². The Morgan fingerprint density at radius 2 is 2.00 bits per heavy atom. The Labute approximate surface area is 243 Å². The van der Waals surface area contributed by atoms with E-state index in [0.717, 1.165) is 50.4 Å². The summed E-state index contributed by atoms with van der Waals surface area (Å²) < 4.78 is 40.9. The van der Waals surface area contributed by atoms with Gasteiger partial charge in [-0.1, -0.05) is 50.2 Å². The van der Waals surface area contributed by atoms with Crippen LogP contribution in [0.1, 0.15) is 76.1 Å². The Morgan fingerprint density at radius 1 is 1.23 bits per heavy atom. The molecule has 4 unspecified atom stereocenters. The average molecular weight is 598 g/mol. The number of alkyl halides is 3. The Morgan fingerprint density at radius 3 is 2.70 bits per heavy atom. The van der Waals surface area contributed by atoms with Crippen molar-refractivity contribution in [3.63, 3.8) is 0 Å². The zero-order chi connectivity index (χ0) is 29.1. The number of thioether (sulfide) groups is 1. The van der Waals surface area contributed by atoms with Gasteiger partial charge < -0.3 is 21.8 Å². The summed E-state index contributed by atoms with van der Waals surface area (Å²) in [4.78, 5) is 8.27. The van der Waals surface area contributed by atoms with Gasteiger partial charge in [0.05, 0.1) is 17.4 Å². The maximum atomic E-state index is 13.6. The van der Waals surface area contributed by atoms with Gasteiger partial charge >= 0.3 is 6.18 Å². The lowest BCUT2D eigenvalue weighted by molar-refractivity contribution is -0.139. The van der Waals surface area contributed by atoms with E-state index in [9.17, 15) is 13.2 Å². The molecule has 7 nitrogen and oxygen atoms in total. The van der Waals surface area contributed by atoms with Crippen molar-refractivity contribution in [3.05, 3.63) is 63.8 Å². The molecule has 0 radical (unpaired) electrons. The molecule has 2 aromatic rings. The Bertz CT molecular complexity index is 1190. The Balaban J connectivity index is 1.40. The van der Waals surface area contributed by atoms with E-state index < -0.39 is 23.1 Å². The molecule has 12 heteroatoms. The van der Waals surface area contributed by atoms with E-state index in [-0.39, 0.29) is 21.9 Å². The molecule has 1 aliphatic heterocycles. The van der Waals surface area contributed by atoms with Crippen molar-refractivity contribution in [1.82, 2.24) is 31.5 Å². The van der Waals surface area contributed by atoms with Gasteiger partial charge in [-0.3, -0.25) is 4.98 Å². The van der Waals surface area contributed by atoms with Crippen LogP contribution in [0.2, 0.25) is 5.15 Å². The van der Waals surface area contributed by atoms with Crippen LogP contribution in [-0.2, 0) is 12.6 Å². The Hall–Kier alpha value is -2.05. The zero-order valence-corrected chi connectivity index (χ0v) is 24.9. The van der Waals surface area contributed by atoms with E-state index in [0.29, 0.717) is 10.9 Å². The van der Waals surface area contributed by atoms with Crippen LogP contribution in [-0.4, -0.2) is 28.8 Å². The van der Waals surface area contributed by atoms with Crippen molar-refractivity contribution in [2.24, 2.45) is 16.6 Å². The fraction of sp³-hybridized carbons (Fsp3) is 0.571. The second-order valence-electron chi connectivity index (χ2n) is 11.8. The lowest BCUT2D eigenvalue weighted by Crippen LogP contribution is -2.50. The van der Waals surface area contributed by atoms with E-state index in [1.165, 1.54) is 23.5 Å². The van der Waals surface area contributed by atoms with Gasteiger partial charge in [0.1, 0.15) is 10.7 Å². The van der Waals surface area contributed by atoms with Crippen molar-refractivity contribution in [1.29, 1.82) is 0 Å². The highest BCUT2D eigenvalue weighted by atomic mass is 35.5. The molecule has 1 aliphatic carbocycles. The number of aromatic nitrogens is 2. The van der Waals surface area contributed by atoms with E-state index in [1.54, 1.807) is 13.1 Å². The first kappa shape index (κ1) is 30.9. The number of fused-ring (bicyclic) bond motifs is 1. The predicted octanol–water partition coefficient (Wildman–Crippen LogP) is 5.89. The molecular formula is C28H39ClF3N7S. The van der Waals surface area contributed by atoms with Gasteiger partial charge in [0, 0.05) is 29.2 Å². The summed E-state index contributed by atoms with van der Waals surface area (Å²) in [5.74, 6) is 0.447. The number of halogens is 4. The highest BCUT2D eigenvalue weighted by Crippen LogP contribution is 2.59. The average Bonchev–Trinajstić information content (AvgIpc) is 3.16. The molecule has 2 aromatic heterocycles. The normalized spacial score (nSPS) is 24.8. The van der Waals surface area contributed by atoms with Gasteiger partial charge in [-0.25, -0.2) is 10.4 Å². The number of rotatable bonds is 7. The minimum Gasteiger partial charge on any atom is -0.364 e. The van der Waals surface area contributed by atoms with Crippen LogP contribution in [0.15, 0.2) is 46.7 Å². The maximum Gasteiger partial charge on any atom is 0.420 e. The van der Waals surface area contributed by atoms with Crippen LogP contribution in [0, 0.1) is 10.8 Å². The Kier molecular flexibility index (Phi) is 9.61. The van der Waals surface area contributed by atoms with E-state index in [1.807, 2.05) is 6.20 Å². The smallest absolute Gasteiger partial charge is 0.364 e. The molecule has 1 saturated heterocycles. The van der Waals surface area contributed by atoms with Gasteiger partial charge in [0.25, 0.3) is 0 Å². The second-order valence-corrected chi connectivity index (χ2v) is 13.3. The molecule has 3 heterocycles. The first-order valence-corrected chi connectivity index (χ1v) is 14.8. The fourth-order valence-corrected chi connectivity index (χ4v) is 7.76. The summed E-state index contributed by atoms with van der Waals surface area (Å²) in [6.45, 7) is 9.54. The van der Waals surface area contributed by atoms with Crippen molar-refractivity contribution in [2.45, 2.75) is 89.1 Å². The van der Waals surface area contributed by atoms with E-state index in [2.05, 4.69) is 59.4 Å². The standard InChI is InChI=1S/C28H39ClF3N7S/c1-17(33)38-22(40-20-9-13-36-25(29)23(20)28(30,31)32)16-37-39-21-8-5-10-27(11-14-35-21)15-19-18(7-6-12-34-19)24(27)26(2,3)4/h6-7,9,12-13,16-17,21,24,35,37-39H,5,8,10-11,14-15,33H2,1-4H3/b22-16+. The van der Waals surface area contributed by atoms with Crippen LogP contribution in [0.5, 0.6) is 0 Å². The maximum absolute atomic E-state index is 13.6. The van der Waals surface area contributed by atoms with Gasteiger partial charge in [0.15, 0.2) is 0 Å². The largest absolute Gasteiger partial charge is 0.420 e. The monoisotopic (exact) mass is 597 g/mol. The van der Waals surface area contributed by atoms with Gasteiger partial charge in [-0.05, 0) is 80.0 Å². The molecule has 6 N–H and O–H groups in total. The second kappa shape index (κ2) is 12.4. The first-order valence-electron chi connectivity index (χ1n) is 13.6. The molecule has 2 aliphatic rings. The lowest BCUT2D eigenvalue weighted by Gasteiger charge is -2.45. The van der Waals surface area contributed by atoms with Crippen LogP contribution in [0.3, 0.4) is 0 Å². The molecule has 4 rings (SSSR count). The van der Waals surface area contributed by atoms with Gasteiger partial charge in [-0.2, -0.15) is 13.2 Å². The van der Waals surface area contributed by atoms with Gasteiger partial charge in [0.2, 0.25) is 0 Å². The number of hydrazine groups is 1. The molecule has 1 spiro atoms. The summed E-state index contributed by atoms with van der Waals surface area (Å²) in [7, 11) is 0. The summed E-state index contributed by atoms with van der Waals surface area (Å²) >= 11 is 6.68. The third-order valence-corrected chi connectivity index (χ3v) is 8.92. The molecule has 1 fully saturated rings. The van der Waals surface area contributed by atoms with Crippen molar-refractivity contribution in [3.8, 4) is 0 Å². The fourth-order valence-electron chi connectivity index (χ4n) is 6.39. The molecule has 0 bridgehead atoms. The predicted molar refractivity (Wildman–Crippen MR) is 154 cm³/mol. The number of hydrogen-bond donors (Lipinski definition) is 5. The summed E-state index contributed by atoms with van der Waals surface area (Å²) in [6.07, 6.45) is 4.68. The van der Waals surface area contributed by atoms with Crippen LogP contribution in [0.4, 0.5) is 13.2 Å². The molecule has 0 aromatic carbocycles. The highest BCUT2D eigenvalue weighted by Gasteiger charge is 2.51. The number of nitrogens with one attached hydrogen (secondary N) is 4. The SMILES string of the molecule is CC(N)N/C(=C\NNC1CCCC2(CCN1)Cc1ncccc1C2C(C)(C)C)Sc1ccnc(Cl)c1C(F)(F)F. The number of nitrogens with two attached hydrogens (primary N) is 1. The molecule has 40 heavy (non-hydrogen) atoms. The minimum absolute atomic E-state index is 0.00811. The summed E-state index contributed by atoms with van der Waals surface area (Å²) in [6, 6.07) is 5.59. The van der Waals surface area contributed by atoms with Crippen molar-refractivity contribution >= 4 is 23.4 Å². The van der Waals surface area contributed by atoms with Crippen molar-refractivity contribution < 1.29 is 13.2 Å². The van der Waals surface area contributed by atoms with E-state index in [4.69, 9.17) is 22.3 Å². The summed E-state index contributed by atoms with van der Waals surface area (Å²) in [5.41, 5.74) is 14.2. The quantitative estimate of drug-likeness (QED) is 0.117. The number of hydrogen-bond acceptors (Lipinski definition) is 8. The molecule has 220 valence electrons. The highest BCUT2D eigenvalue weighted by molar-refractivity contribution is 8.03. The van der Waals surface area contributed by atoms with Crippen LogP contribution >= 0.6 is 23.4 Å². The lowest BCUT2D eigenvalue weighted by atomic mass is 9.60.